The summed E-state index contributed by atoms with van der Waals surface area (Å²) in [6.45, 7) is 3.65. The summed E-state index contributed by atoms with van der Waals surface area (Å²) in [4.78, 5) is 23.0. The molecule has 1 aromatic heterocycles. The number of hydrogen-bond acceptors (Lipinski definition) is 3. The van der Waals surface area contributed by atoms with Crippen LogP contribution in [0.2, 0.25) is 0 Å². The zero-order chi connectivity index (χ0) is 16.3. The van der Waals surface area contributed by atoms with Gasteiger partial charge in [-0.2, -0.15) is 0 Å². The van der Waals surface area contributed by atoms with Gasteiger partial charge in [0.05, 0.1) is 12.6 Å². The van der Waals surface area contributed by atoms with E-state index >= 15 is 0 Å². The van der Waals surface area contributed by atoms with Gasteiger partial charge in [0.1, 0.15) is 0 Å². The first-order valence-electron chi connectivity index (χ1n) is 7.13. The topological polar surface area (TPSA) is 60.3 Å². The number of carbonyl (C=O) groups is 2. The molecule has 2 rings (SSSR count). The molecule has 0 saturated carbocycles. The quantitative estimate of drug-likeness (QED) is 0.923. The highest BCUT2D eigenvalue weighted by molar-refractivity contribution is 5.95. The number of fused-ring (bicyclic) bond motifs is 1. The van der Waals surface area contributed by atoms with Crippen LogP contribution in [0.15, 0.2) is 18.3 Å². The Kier molecular flexibility index (Phi) is 4.80. The predicted molar refractivity (Wildman–Crippen MR) is 81.8 cm³/mol. The number of rotatable bonds is 5. The molecule has 22 heavy (non-hydrogen) atoms. The summed E-state index contributed by atoms with van der Waals surface area (Å²) >= 11 is 0. The molecule has 6 heteroatoms. The maximum absolute atomic E-state index is 13.9. The lowest BCUT2D eigenvalue weighted by atomic mass is 10.1. The minimum Gasteiger partial charge on any atom is -0.494 e. The number of nitrogens with zero attached hydrogens (tertiary/aromatic N) is 1. The fourth-order valence-electron chi connectivity index (χ4n) is 2.40. The highest BCUT2D eigenvalue weighted by atomic mass is 19.1. The molecule has 0 radical (unpaired) electrons. The molecule has 1 N–H and O–H groups in total. The third kappa shape index (κ3) is 3.10. The largest absolute Gasteiger partial charge is 0.494 e. The third-order valence-corrected chi connectivity index (χ3v) is 3.50. The van der Waals surface area contributed by atoms with Crippen LogP contribution < -0.4 is 10.1 Å². The van der Waals surface area contributed by atoms with Crippen molar-refractivity contribution in [3.8, 4) is 5.75 Å². The molecule has 0 unspecified atom stereocenters. The minimum absolute atomic E-state index is 0.111. The first-order chi connectivity index (χ1) is 10.5. The van der Waals surface area contributed by atoms with E-state index in [0.29, 0.717) is 24.9 Å². The first-order valence-corrected chi connectivity index (χ1v) is 7.13. The Morgan fingerprint density at radius 3 is 2.68 bits per heavy atom. The Bertz CT molecular complexity index is 722. The van der Waals surface area contributed by atoms with Crippen molar-refractivity contribution in [3.63, 3.8) is 0 Å². The summed E-state index contributed by atoms with van der Waals surface area (Å²) < 4.78 is 20.4. The smallest absolute Gasteiger partial charge is 0.230 e. The summed E-state index contributed by atoms with van der Waals surface area (Å²) in [5, 5.41) is 3.47. The highest BCUT2D eigenvalue weighted by Gasteiger charge is 2.16. The van der Waals surface area contributed by atoms with Crippen LogP contribution in [0.3, 0.4) is 0 Å². The van der Waals surface area contributed by atoms with Gasteiger partial charge in [0.25, 0.3) is 0 Å². The van der Waals surface area contributed by atoms with Crippen molar-refractivity contribution < 1.29 is 18.7 Å². The normalized spacial score (nSPS) is 10.7. The Morgan fingerprint density at radius 2 is 2.09 bits per heavy atom. The van der Waals surface area contributed by atoms with E-state index in [0.717, 1.165) is 10.9 Å². The van der Waals surface area contributed by atoms with Crippen LogP contribution in [-0.2, 0) is 11.2 Å². The summed E-state index contributed by atoms with van der Waals surface area (Å²) in [7, 11) is 1.40. The van der Waals surface area contributed by atoms with E-state index in [1.165, 1.54) is 24.7 Å². The number of nitrogens with one attached hydrogen (secondary N) is 1. The van der Waals surface area contributed by atoms with Gasteiger partial charge in [0.2, 0.25) is 11.8 Å². The Balaban J connectivity index is 2.49. The van der Waals surface area contributed by atoms with Gasteiger partial charge < -0.3 is 10.1 Å². The highest BCUT2D eigenvalue weighted by Crippen LogP contribution is 2.29. The second-order valence-electron chi connectivity index (χ2n) is 5.01. The number of carbonyl (C=O) groups excluding carboxylic acids is 2. The third-order valence-electron chi connectivity index (χ3n) is 3.50. The molecular formula is C16H19FN2O3. The van der Waals surface area contributed by atoms with Crippen molar-refractivity contribution in [3.05, 3.63) is 29.7 Å². The van der Waals surface area contributed by atoms with E-state index < -0.39 is 5.82 Å². The van der Waals surface area contributed by atoms with Crippen molar-refractivity contribution >= 4 is 22.7 Å². The molecule has 0 fully saturated rings. The number of hydrogen-bond donors (Lipinski definition) is 1. The number of benzene rings is 1. The summed E-state index contributed by atoms with van der Waals surface area (Å²) in [5.74, 6) is -0.598. The van der Waals surface area contributed by atoms with Crippen molar-refractivity contribution in [1.29, 1.82) is 0 Å². The van der Waals surface area contributed by atoms with Crippen molar-refractivity contribution in [2.24, 2.45) is 0 Å². The second-order valence-corrected chi connectivity index (χ2v) is 5.01. The van der Waals surface area contributed by atoms with Gasteiger partial charge in [-0.3, -0.25) is 14.2 Å². The second kappa shape index (κ2) is 6.60. The van der Waals surface area contributed by atoms with Crippen LogP contribution in [-0.4, -0.2) is 30.0 Å². The number of methoxy groups -OCH3 is 1. The minimum atomic E-state index is -0.508. The maximum Gasteiger partial charge on any atom is 0.230 e. The summed E-state index contributed by atoms with van der Waals surface area (Å²) in [5.41, 5.74) is 1.38. The fraction of sp³-hybridized carbons (Fsp3) is 0.375. The van der Waals surface area contributed by atoms with Gasteiger partial charge in [-0.15, -0.1) is 0 Å². The van der Waals surface area contributed by atoms with E-state index in [1.54, 1.807) is 19.2 Å². The van der Waals surface area contributed by atoms with E-state index in [-0.39, 0.29) is 17.6 Å². The lowest BCUT2D eigenvalue weighted by molar-refractivity contribution is -0.118. The lowest BCUT2D eigenvalue weighted by Crippen LogP contribution is -2.22. The van der Waals surface area contributed by atoms with Crippen molar-refractivity contribution in [2.75, 3.05) is 13.7 Å². The van der Waals surface area contributed by atoms with Gasteiger partial charge in [-0.05, 0) is 18.1 Å². The molecule has 2 aromatic rings. The van der Waals surface area contributed by atoms with Gasteiger partial charge in [0, 0.05) is 37.5 Å². The average Bonchev–Trinajstić information content (AvgIpc) is 2.83. The molecule has 5 nitrogen and oxygen atoms in total. The van der Waals surface area contributed by atoms with Gasteiger partial charge in [-0.25, -0.2) is 4.39 Å². The Morgan fingerprint density at radius 1 is 1.36 bits per heavy atom. The molecule has 0 aliphatic rings. The van der Waals surface area contributed by atoms with Crippen molar-refractivity contribution in [1.82, 2.24) is 9.88 Å². The van der Waals surface area contributed by atoms with Crippen LogP contribution in [0.1, 0.15) is 30.6 Å². The van der Waals surface area contributed by atoms with Crippen LogP contribution in [0, 0.1) is 5.82 Å². The Labute approximate surface area is 128 Å². The van der Waals surface area contributed by atoms with E-state index in [9.17, 15) is 14.0 Å². The number of ether oxygens (including phenoxy) is 1. The monoisotopic (exact) mass is 306 g/mol. The molecule has 1 heterocycles. The number of amides is 1. The van der Waals surface area contributed by atoms with Gasteiger partial charge in [0.15, 0.2) is 11.6 Å². The van der Waals surface area contributed by atoms with Crippen LogP contribution in [0.4, 0.5) is 4.39 Å². The molecule has 0 spiro atoms. The van der Waals surface area contributed by atoms with Crippen LogP contribution in [0.25, 0.3) is 10.9 Å². The molecule has 0 aliphatic carbocycles. The molecule has 0 bridgehead atoms. The molecule has 0 aliphatic heterocycles. The average molecular weight is 306 g/mol. The lowest BCUT2D eigenvalue weighted by Gasteiger charge is -2.05. The molecule has 118 valence electrons. The summed E-state index contributed by atoms with van der Waals surface area (Å²) in [6, 6.07) is 2.90. The maximum atomic E-state index is 13.9. The SMILES string of the molecule is CCC(=O)n1cc(CCNC(C)=O)c2cc(OC)c(F)cc21. The van der Waals surface area contributed by atoms with E-state index in [2.05, 4.69) is 5.32 Å². The standard InChI is InChI=1S/C16H19FN2O3/c1-4-16(21)19-9-11(5-6-18-10(2)20)12-7-15(22-3)13(17)8-14(12)19/h7-9H,4-6H2,1-3H3,(H,18,20). The molecule has 1 aromatic carbocycles. The zero-order valence-electron chi connectivity index (χ0n) is 12.9. The predicted octanol–water partition coefficient (Wildman–Crippen LogP) is 2.52. The molecule has 1 amide bonds. The number of aromatic nitrogens is 1. The zero-order valence-corrected chi connectivity index (χ0v) is 12.9. The van der Waals surface area contributed by atoms with E-state index in [1.807, 2.05) is 0 Å². The van der Waals surface area contributed by atoms with Crippen LogP contribution >= 0.6 is 0 Å². The van der Waals surface area contributed by atoms with Crippen molar-refractivity contribution in [2.45, 2.75) is 26.7 Å². The Hall–Kier alpha value is -2.37. The fourth-order valence-corrected chi connectivity index (χ4v) is 2.40. The number of halogens is 1. The first kappa shape index (κ1) is 16.0. The summed E-state index contributed by atoms with van der Waals surface area (Å²) in [6.07, 6.45) is 2.58. The van der Waals surface area contributed by atoms with Gasteiger partial charge >= 0.3 is 0 Å². The van der Waals surface area contributed by atoms with Gasteiger partial charge in [-0.1, -0.05) is 6.92 Å². The molecular weight excluding hydrogens is 287 g/mol. The molecule has 0 atom stereocenters. The van der Waals surface area contributed by atoms with Crippen LogP contribution in [0.5, 0.6) is 5.75 Å². The van der Waals surface area contributed by atoms with E-state index in [4.69, 9.17) is 4.74 Å². The molecule has 0 saturated heterocycles.